The molecule has 0 saturated carbocycles. The number of aryl methyl sites for hydroxylation is 1. The fraction of sp³-hybridized carbons (Fsp3) is 0.217. The van der Waals surface area contributed by atoms with E-state index in [1.165, 1.54) is 4.31 Å². The Kier molecular flexibility index (Phi) is 5.80. The number of hydrogen-bond donors (Lipinski definition) is 1. The van der Waals surface area contributed by atoms with Crippen LogP contribution in [-0.2, 0) is 10.0 Å². The van der Waals surface area contributed by atoms with E-state index in [0.717, 1.165) is 22.3 Å². The molecular weight excluding hydrogens is 476 g/mol. The monoisotopic (exact) mass is 496 g/mol. The molecule has 1 fully saturated rings. The van der Waals surface area contributed by atoms with Gasteiger partial charge in [-0.15, -0.1) is 0 Å². The zero-order valence-corrected chi connectivity index (χ0v) is 19.8. The highest BCUT2D eigenvalue weighted by molar-refractivity contribution is 7.89. The summed E-state index contributed by atoms with van der Waals surface area (Å²) in [4.78, 5) is 30.3. The van der Waals surface area contributed by atoms with Gasteiger partial charge in [0.2, 0.25) is 5.82 Å². The fourth-order valence-corrected chi connectivity index (χ4v) is 5.52. The molecule has 1 aromatic carbocycles. The normalized spacial score (nSPS) is 15.1. The third-order valence-corrected chi connectivity index (χ3v) is 7.78. The van der Waals surface area contributed by atoms with Gasteiger partial charge in [-0.2, -0.15) is 4.31 Å². The van der Waals surface area contributed by atoms with E-state index in [1.807, 2.05) is 25.1 Å². The van der Waals surface area contributed by atoms with Gasteiger partial charge < -0.3 is 9.88 Å². The Balaban J connectivity index is 1.26. The number of nitrogens with zero attached hydrogens (tertiary/aromatic N) is 5. The van der Waals surface area contributed by atoms with Crippen molar-refractivity contribution in [2.45, 2.75) is 11.9 Å². The summed E-state index contributed by atoms with van der Waals surface area (Å²) in [7, 11) is -3.73. The zero-order valence-electron chi connectivity index (χ0n) is 18.3. The van der Waals surface area contributed by atoms with Gasteiger partial charge in [-0.3, -0.25) is 9.78 Å². The van der Waals surface area contributed by atoms with Gasteiger partial charge in [0.1, 0.15) is 5.03 Å². The first-order chi connectivity index (χ1) is 16.3. The second-order valence-electron chi connectivity index (χ2n) is 8.02. The third-order valence-electron chi connectivity index (χ3n) is 5.73. The number of benzene rings is 1. The van der Waals surface area contributed by atoms with Crippen LogP contribution >= 0.6 is 11.6 Å². The lowest BCUT2D eigenvalue weighted by atomic mass is 10.2. The smallest absolute Gasteiger partial charge is 0.291 e. The highest BCUT2D eigenvalue weighted by Crippen LogP contribution is 2.25. The first kappa shape index (κ1) is 22.5. The molecule has 3 aromatic heterocycles. The maximum absolute atomic E-state index is 13.1. The zero-order chi connectivity index (χ0) is 23.9. The van der Waals surface area contributed by atoms with E-state index in [4.69, 9.17) is 11.6 Å². The standard InChI is InChI=1S/C23H21ClN6O3S/c1-15-3-2-4-19(27-15)17-13-25-22(26-14-17)23(31)29-7-9-30(10-8-29)34(32,33)21-12-16-11-18(24)5-6-20(16)28-21/h2-6,11-14,28H,7-10H2,1H3. The van der Waals surface area contributed by atoms with Crippen molar-refractivity contribution in [1.29, 1.82) is 0 Å². The number of piperazine rings is 1. The minimum atomic E-state index is -3.73. The van der Waals surface area contributed by atoms with Crippen molar-refractivity contribution in [2.75, 3.05) is 26.2 Å². The van der Waals surface area contributed by atoms with Gasteiger partial charge in [-0.05, 0) is 43.3 Å². The molecule has 34 heavy (non-hydrogen) atoms. The van der Waals surface area contributed by atoms with Crippen molar-refractivity contribution >= 4 is 38.4 Å². The summed E-state index contributed by atoms with van der Waals surface area (Å²) in [6.07, 6.45) is 3.15. The van der Waals surface area contributed by atoms with Crippen molar-refractivity contribution in [3.8, 4) is 11.3 Å². The van der Waals surface area contributed by atoms with Crippen LogP contribution in [0.3, 0.4) is 0 Å². The summed E-state index contributed by atoms with van der Waals surface area (Å²) < 4.78 is 27.6. The predicted octanol–water partition coefficient (Wildman–Crippen LogP) is 3.13. The van der Waals surface area contributed by atoms with Crippen LogP contribution in [0.4, 0.5) is 0 Å². The molecule has 4 aromatic rings. The molecule has 0 spiro atoms. The number of fused-ring (bicyclic) bond motifs is 1. The van der Waals surface area contributed by atoms with E-state index in [2.05, 4.69) is 19.9 Å². The molecule has 1 saturated heterocycles. The Morgan fingerprint density at radius 3 is 2.47 bits per heavy atom. The third kappa shape index (κ3) is 4.27. The van der Waals surface area contributed by atoms with Crippen molar-refractivity contribution in [3.05, 3.63) is 71.4 Å². The maximum atomic E-state index is 13.1. The molecule has 1 aliphatic rings. The molecule has 1 aliphatic heterocycles. The summed E-state index contributed by atoms with van der Waals surface area (Å²) >= 11 is 6.01. The van der Waals surface area contributed by atoms with E-state index < -0.39 is 10.0 Å². The Labute approximate surface area is 201 Å². The number of pyridine rings is 1. The summed E-state index contributed by atoms with van der Waals surface area (Å²) in [5.74, 6) is -0.263. The van der Waals surface area contributed by atoms with Crippen molar-refractivity contribution in [1.82, 2.24) is 29.1 Å². The van der Waals surface area contributed by atoms with E-state index in [1.54, 1.807) is 41.6 Å². The van der Waals surface area contributed by atoms with Gasteiger partial charge in [-0.1, -0.05) is 17.7 Å². The molecule has 9 nitrogen and oxygen atoms in total. The number of aromatic amines is 1. The van der Waals surface area contributed by atoms with Gasteiger partial charge in [-0.25, -0.2) is 18.4 Å². The topological polar surface area (TPSA) is 112 Å². The Bertz CT molecular complexity index is 1480. The number of aromatic nitrogens is 4. The van der Waals surface area contributed by atoms with E-state index in [-0.39, 0.29) is 42.9 Å². The number of amides is 1. The average Bonchev–Trinajstić information content (AvgIpc) is 3.28. The Morgan fingerprint density at radius 1 is 1.03 bits per heavy atom. The minimum absolute atomic E-state index is 0.0696. The van der Waals surface area contributed by atoms with Crippen LogP contribution < -0.4 is 0 Å². The number of hydrogen-bond acceptors (Lipinski definition) is 6. The first-order valence-electron chi connectivity index (χ1n) is 10.6. The lowest BCUT2D eigenvalue weighted by molar-refractivity contribution is 0.0685. The minimum Gasteiger partial charge on any atom is -0.345 e. The van der Waals surface area contributed by atoms with Crippen LogP contribution in [0, 0.1) is 6.92 Å². The average molecular weight is 497 g/mol. The van der Waals surface area contributed by atoms with E-state index >= 15 is 0 Å². The Hall–Kier alpha value is -3.34. The van der Waals surface area contributed by atoms with Crippen LogP contribution in [0.2, 0.25) is 5.02 Å². The SMILES string of the molecule is Cc1cccc(-c2cnc(C(=O)N3CCN(S(=O)(=O)c4cc5cc(Cl)ccc5[nH]4)CC3)nc2)n1. The number of halogens is 1. The Morgan fingerprint density at radius 2 is 1.76 bits per heavy atom. The number of carbonyl (C=O) groups is 1. The number of carbonyl (C=O) groups excluding carboxylic acids is 1. The first-order valence-corrected chi connectivity index (χ1v) is 12.5. The summed E-state index contributed by atoms with van der Waals surface area (Å²) in [5.41, 5.74) is 3.02. The van der Waals surface area contributed by atoms with Crippen LogP contribution in [-0.4, -0.2) is 69.6 Å². The van der Waals surface area contributed by atoms with Crippen LogP contribution in [0.15, 0.2) is 59.9 Å². The van der Waals surface area contributed by atoms with Crippen LogP contribution in [0.25, 0.3) is 22.2 Å². The molecule has 1 N–H and O–H groups in total. The molecule has 5 rings (SSSR count). The molecule has 0 unspecified atom stereocenters. The van der Waals surface area contributed by atoms with Gasteiger partial charge in [0.25, 0.3) is 15.9 Å². The largest absolute Gasteiger partial charge is 0.345 e. The molecule has 11 heteroatoms. The highest BCUT2D eigenvalue weighted by atomic mass is 35.5. The number of rotatable bonds is 4. The van der Waals surface area contributed by atoms with E-state index in [0.29, 0.717) is 10.5 Å². The number of nitrogens with one attached hydrogen (secondary N) is 1. The summed E-state index contributed by atoms with van der Waals surface area (Å²) in [5, 5.41) is 1.36. The summed E-state index contributed by atoms with van der Waals surface area (Å²) in [6.45, 7) is 2.74. The predicted molar refractivity (Wildman–Crippen MR) is 128 cm³/mol. The summed E-state index contributed by atoms with van der Waals surface area (Å²) in [6, 6.07) is 12.4. The maximum Gasteiger partial charge on any atom is 0.291 e. The number of H-pyrrole nitrogens is 1. The molecule has 0 radical (unpaired) electrons. The van der Waals surface area contributed by atoms with Crippen molar-refractivity contribution in [2.24, 2.45) is 0 Å². The van der Waals surface area contributed by atoms with Gasteiger partial charge in [0, 0.05) is 65.8 Å². The van der Waals surface area contributed by atoms with Crippen LogP contribution in [0.5, 0.6) is 0 Å². The fourth-order valence-electron chi connectivity index (χ4n) is 3.90. The second-order valence-corrected chi connectivity index (χ2v) is 10.4. The number of sulfonamides is 1. The van der Waals surface area contributed by atoms with Gasteiger partial charge >= 0.3 is 0 Å². The lowest BCUT2D eigenvalue weighted by Gasteiger charge is -2.33. The van der Waals surface area contributed by atoms with Crippen molar-refractivity contribution in [3.63, 3.8) is 0 Å². The lowest BCUT2D eigenvalue weighted by Crippen LogP contribution is -2.50. The van der Waals surface area contributed by atoms with Crippen molar-refractivity contribution < 1.29 is 13.2 Å². The molecular formula is C23H21ClN6O3S. The van der Waals surface area contributed by atoms with Gasteiger partial charge in [0.05, 0.1) is 5.69 Å². The quantitative estimate of drug-likeness (QED) is 0.464. The molecule has 4 heterocycles. The molecule has 0 aliphatic carbocycles. The van der Waals surface area contributed by atoms with Crippen LogP contribution in [0.1, 0.15) is 16.3 Å². The molecule has 174 valence electrons. The molecule has 1 amide bonds. The molecule has 0 atom stereocenters. The molecule has 0 bridgehead atoms. The highest BCUT2D eigenvalue weighted by Gasteiger charge is 2.32. The van der Waals surface area contributed by atoms with Gasteiger partial charge in [0.15, 0.2) is 0 Å². The second kappa shape index (κ2) is 8.79. The van der Waals surface area contributed by atoms with E-state index in [9.17, 15) is 13.2 Å².